The number of hydrogen-bond acceptors (Lipinski definition) is 4. The van der Waals surface area contributed by atoms with E-state index in [4.69, 9.17) is 9.97 Å². The molecule has 1 radical (unpaired) electrons. The Morgan fingerprint density at radius 3 is 1.80 bits per heavy atom. The molecule has 2 unspecified atom stereocenters. The van der Waals surface area contributed by atoms with Gasteiger partial charge in [0.25, 0.3) is 0 Å². The summed E-state index contributed by atoms with van der Waals surface area (Å²) < 4.78 is 0. The van der Waals surface area contributed by atoms with E-state index in [2.05, 4.69) is 77.9 Å². The summed E-state index contributed by atoms with van der Waals surface area (Å²) >= 11 is 0. The summed E-state index contributed by atoms with van der Waals surface area (Å²) in [6, 6.07) is 27.7. The van der Waals surface area contributed by atoms with E-state index in [-0.39, 0.29) is 32.3 Å². The van der Waals surface area contributed by atoms with Gasteiger partial charge in [0.1, 0.15) is 0 Å². The normalized spacial score (nSPS) is 12.3. The molecule has 0 saturated carbocycles. The van der Waals surface area contributed by atoms with Crippen LogP contribution in [0, 0.1) is 31.7 Å². The van der Waals surface area contributed by atoms with Gasteiger partial charge >= 0.3 is 0 Å². The smallest absolute Gasteiger partial charge is 0.0878 e. The molecule has 215 valence electrons. The van der Waals surface area contributed by atoms with Gasteiger partial charge in [-0.05, 0) is 61.6 Å². The van der Waals surface area contributed by atoms with Crippen molar-refractivity contribution in [3.8, 4) is 33.8 Å². The molecule has 0 spiro atoms. The number of hydrogen-bond donors (Lipinski definition) is 2. The fraction of sp³-hybridized carbons (Fsp3) is 0.371. The van der Waals surface area contributed by atoms with Crippen LogP contribution >= 0.6 is 0 Å². The van der Waals surface area contributed by atoms with E-state index in [0.29, 0.717) is 18.3 Å². The van der Waals surface area contributed by atoms with Gasteiger partial charge in [-0.2, -0.15) is 0 Å². The van der Waals surface area contributed by atoms with Crippen LogP contribution in [0.2, 0.25) is 0 Å². The molecule has 1 heterocycles. The molecular formula is C35H43IrN2O2-. The first-order chi connectivity index (χ1) is 18.7. The van der Waals surface area contributed by atoms with E-state index in [1.165, 1.54) is 11.1 Å². The van der Waals surface area contributed by atoms with Crippen molar-refractivity contribution in [1.82, 2.24) is 9.97 Å². The Kier molecular flexibility index (Phi) is 13.9. The molecule has 40 heavy (non-hydrogen) atoms. The number of aliphatic hydroxyl groups is 2. The monoisotopic (exact) mass is 716 g/mol. The van der Waals surface area contributed by atoms with Crippen LogP contribution in [0.1, 0.15) is 58.1 Å². The molecule has 0 fully saturated rings. The number of rotatable bonds is 9. The van der Waals surface area contributed by atoms with Crippen LogP contribution in [0.5, 0.6) is 0 Å². The maximum Gasteiger partial charge on any atom is 0.0878 e. The van der Waals surface area contributed by atoms with Crippen molar-refractivity contribution in [3.63, 3.8) is 0 Å². The molecule has 3 aromatic carbocycles. The Hall–Kier alpha value is -2.69. The van der Waals surface area contributed by atoms with Crippen molar-refractivity contribution >= 4 is 0 Å². The Morgan fingerprint density at radius 2 is 1.27 bits per heavy atom. The van der Waals surface area contributed by atoms with Gasteiger partial charge in [0.2, 0.25) is 0 Å². The zero-order valence-electron chi connectivity index (χ0n) is 24.6. The van der Waals surface area contributed by atoms with Crippen LogP contribution in [0.25, 0.3) is 33.8 Å². The van der Waals surface area contributed by atoms with Gasteiger partial charge in [0.05, 0.1) is 23.6 Å². The van der Waals surface area contributed by atoms with Crippen LogP contribution in [0.4, 0.5) is 0 Å². The van der Waals surface area contributed by atoms with Gasteiger partial charge < -0.3 is 15.2 Å². The Morgan fingerprint density at radius 1 is 0.700 bits per heavy atom. The molecule has 0 aliphatic rings. The molecule has 2 N–H and O–H groups in total. The standard InChI is InChI=1S/C24H19N2.C11H24O2.Ir/c1-17-10-9-11-18(2)22(17)21-16-25-23(19-12-5-3-6-13-19)24(26-21)20-14-7-4-8-15-20;1-8(2)5-10(12)7-11(13)6-9(3)4;/h3-12,14-16H,1-2H3;8-13H,5-7H2,1-4H3;/q-1;;. The van der Waals surface area contributed by atoms with E-state index in [9.17, 15) is 10.2 Å². The molecule has 0 saturated heterocycles. The predicted molar refractivity (Wildman–Crippen MR) is 162 cm³/mol. The Bertz CT molecular complexity index is 1260. The van der Waals surface area contributed by atoms with Gasteiger partial charge in [-0.25, -0.2) is 0 Å². The minimum Gasteiger partial charge on any atom is -0.393 e. The topological polar surface area (TPSA) is 66.2 Å². The summed E-state index contributed by atoms with van der Waals surface area (Å²) in [5.41, 5.74) is 8.21. The molecule has 0 aliphatic carbocycles. The molecule has 5 heteroatoms. The fourth-order valence-corrected chi connectivity index (χ4v) is 4.86. The summed E-state index contributed by atoms with van der Waals surface area (Å²) in [6.07, 6.45) is 3.29. The summed E-state index contributed by atoms with van der Waals surface area (Å²) in [5, 5.41) is 19.1. The van der Waals surface area contributed by atoms with Crippen molar-refractivity contribution < 1.29 is 30.3 Å². The summed E-state index contributed by atoms with van der Waals surface area (Å²) in [4.78, 5) is 9.82. The van der Waals surface area contributed by atoms with Gasteiger partial charge in [0, 0.05) is 37.6 Å². The van der Waals surface area contributed by atoms with E-state index >= 15 is 0 Å². The second-order valence-electron chi connectivity index (χ2n) is 11.2. The minimum absolute atomic E-state index is 0. The fourth-order valence-electron chi connectivity index (χ4n) is 4.86. The quantitative estimate of drug-likeness (QED) is 0.172. The van der Waals surface area contributed by atoms with Crippen LogP contribution in [0.3, 0.4) is 0 Å². The molecule has 2 atom stereocenters. The van der Waals surface area contributed by atoms with Gasteiger partial charge in [-0.15, -0.1) is 35.9 Å². The third-order valence-corrected chi connectivity index (χ3v) is 6.55. The number of aromatic nitrogens is 2. The zero-order valence-corrected chi connectivity index (χ0v) is 27.0. The van der Waals surface area contributed by atoms with Gasteiger partial charge in [-0.3, -0.25) is 4.98 Å². The van der Waals surface area contributed by atoms with Gasteiger partial charge in [0.15, 0.2) is 0 Å². The van der Waals surface area contributed by atoms with Crippen LogP contribution < -0.4 is 0 Å². The predicted octanol–water partition coefficient (Wildman–Crippen LogP) is 8.08. The number of benzene rings is 3. The van der Waals surface area contributed by atoms with E-state index in [1.54, 1.807) is 0 Å². The van der Waals surface area contributed by atoms with Crippen molar-refractivity contribution in [2.45, 2.75) is 73.0 Å². The maximum atomic E-state index is 9.54. The molecule has 4 aromatic rings. The zero-order chi connectivity index (χ0) is 28.4. The average Bonchev–Trinajstić information content (AvgIpc) is 2.89. The van der Waals surface area contributed by atoms with E-state index in [1.807, 2.05) is 48.7 Å². The van der Waals surface area contributed by atoms with E-state index < -0.39 is 0 Å². The first-order valence-corrected chi connectivity index (χ1v) is 14.0. The molecule has 4 nitrogen and oxygen atoms in total. The molecule has 4 rings (SSSR count). The molecule has 0 aliphatic heterocycles. The molecular weight excluding hydrogens is 673 g/mol. The number of aliphatic hydroxyl groups excluding tert-OH is 2. The Labute approximate surface area is 254 Å². The largest absolute Gasteiger partial charge is 0.393 e. The first-order valence-electron chi connectivity index (χ1n) is 14.0. The van der Waals surface area contributed by atoms with Crippen molar-refractivity contribution in [3.05, 3.63) is 96.2 Å². The van der Waals surface area contributed by atoms with Crippen LogP contribution in [-0.4, -0.2) is 32.4 Å². The summed E-state index contributed by atoms with van der Waals surface area (Å²) in [7, 11) is 0. The first kappa shape index (κ1) is 33.5. The van der Waals surface area contributed by atoms with Crippen LogP contribution in [0.15, 0.2) is 79.0 Å². The van der Waals surface area contributed by atoms with E-state index in [0.717, 1.165) is 46.6 Å². The molecule has 0 bridgehead atoms. The van der Waals surface area contributed by atoms with Crippen molar-refractivity contribution in [2.75, 3.05) is 0 Å². The van der Waals surface area contributed by atoms with Crippen molar-refractivity contribution in [2.24, 2.45) is 11.8 Å². The molecule has 0 amide bonds. The Balaban J connectivity index is 0.000000344. The second kappa shape index (κ2) is 16.5. The van der Waals surface area contributed by atoms with Gasteiger partial charge in [-0.1, -0.05) is 76.2 Å². The SMILES string of the molecule is CC(C)CC(O)CC(O)CC(C)C.Cc1cccc(C)c1-c1cnc(-c2[c-]cccc2)c(-c2ccccc2)n1.[Ir]. The second-order valence-corrected chi connectivity index (χ2v) is 11.2. The third kappa shape index (κ3) is 10.1. The summed E-state index contributed by atoms with van der Waals surface area (Å²) in [6.45, 7) is 12.6. The third-order valence-electron chi connectivity index (χ3n) is 6.55. The average molecular weight is 716 g/mol. The summed E-state index contributed by atoms with van der Waals surface area (Å²) in [5.74, 6) is 1.00. The minimum atomic E-state index is -0.339. The van der Waals surface area contributed by atoms with Crippen molar-refractivity contribution in [1.29, 1.82) is 0 Å². The molecule has 1 aromatic heterocycles. The maximum absolute atomic E-state index is 9.54. The van der Waals surface area contributed by atoms with Crippen LogP contribution in [-0.2, 0) is 20.1 Å². The number of aryl methyl sites for hydroxylation is 2. The number of nitrogens with zero attached hydrogens (tertiary/aromatic N) is 2.